The smallest absolute Gasteiger partial charge is 0.271 e. The van der Waals surface area contributed by atoms with Crippen molar-refractivity contribution >= 4 is 50.2 Å². The normalized spacial score (nSPS) is 11.5. The van der Waals surface area contributed by atoms with Crippen LogP contribution in [0.1, 0.15) is 5.56 Å². The van der Waals surface area contributed by atoms with Crippen molar-refractivity contribution in [1.82, 2.24) is 0 Å². The molecule has 7 heteroatoms. The van der Waals surface area contributed by atoms with Gasteiger partial charge in [0.1, 0.15) is 8.55 Å². The largest absolute Gasteiger partial charge is 0.279 e. The van der Waals surface area contributed by atoms with Crippen molar-refractivity contribution in [3.8, 4) is 0 Å². The molecule has 0 aliphatic heterocycles. The first kappa shape index (κ1) is 13.7. The lowest BCUT2D eigenvalue weighted by atomic mass is 10.2. The first-order chi connectivity index (χ1) is 8.38. The summed E-state index contributed by atoms with van der Waals surface area (Å²) < 4.78 is 27.0. The third-order valence-electron chi connectivity index (χ3n) is 2.16. The second-order valence-electron chi connectivity index (χ2n) is 3.66. The summed E-state index contributed by atoms with van der Waals surface area (Å²) in [7, 11) is -3.63. The Balaban J connectivity index is 2.33. The molecule has 1 heterocycles. The van der Waals surface area contributed by atoms with Gasteiger partial charge in [-0.2, -0.15) is 0 Å². The summed E-state index contributed by atoms with van der Waals surface area (Å²) in [4.78, 5) is 0. The molecule has 0 aliphatic rings. The van der Waals surface area contributed by atoms with Crippen LogP contribution in [0.25, 0.3) is 0 Å². The molecule has 0 radical (unpaired) electrons. The molecule has 0 saturated carbocycles. The highest BCUT2D eigenvalue weighted by molar-refractivity contribution is 7.94. The molecule has 0 amide bonds. The van der Waals surface area contributed by atoms with E-state index in [0.717, 1.165) is 16.9 Å². The molecule has 0 fully saturated rings. The van der Waals surface area contributed by atoms with Gasteiger partial charge in [0.05, 0.1) is 5.02 Å². The van der Waals surface area contributed by atoms with Gasteiger partial charge in [0.2, 0.25) is 0 Å². The van der Waals surface area contributed by atoms with E-state index < -0.39 is 10.0 Å². The summed E-state index contributed by atoms with van der Waals surface area (Å²) in [5.41, 5.74) is 1.48. The maximum atomic E-state index is 12.1. The zero-order chi connectivity index (χ0) is 13.3. The zero-order valence-corrected chi connectivity index (χ0v) is 12.4. The Bertz CT molecular complexity index is 661. The number of rotatable bonds is 3. The van der Waals surface area contributed by atoms with Gasteiger partial charge in [-0.05, 0) is 30.7 Å². The Morgan fingerprint density at radius 3 is 2.50 bits per heavy atom. The highest BCUT2D eigenvalue weighted by Crippen LogP contribution is 2.34. The zero-order valence-electron chi connectivity index (χ0n) is 9.28. The minimum atomic E-state index is -3.63. The number of benzene rings is 1. The summed E-state index contributed by atoms with van der Waals surface area (Å²) in [6.45, 7) is 1.89. The summed E-state index contributed by atoms with van der Waals surface area (Å²) in [6, 6.07) is 8.43. The average Bonchev–Trinajstić information content (AvgIpc) is 2.59. The third-order valence-corrected chi connectivity index (χ3v) is 5.88. The van der Waals surface area contributed by atoms with Gasteiger partial charge in [-0.1, -0.05) is 35.3 Å². The van der Waals surface area contributed by atoms with E-state index >= 15 is 0 Å². The van der Waals surface area contributed by atoms with E-state index in [1.165, 1.54) is 6.07 Å². The minimum Gasteiger partial charge on any atom is -0.279 e. The van der Waals surface area contributed by atoms with Crippen LogP contribution in [0.2, 0.25) is 9.36 Å². The van der Waals surface area contributed by atoms with Crippen LogP contribution in [0.15, 0.2) is 34.5 Å². The maximum Gasteiger partial charge on any atom is 0.271 e. The molecule has 1 aromatic heterocycles. The van der Waals surface area contributed by atoms with Gasteiger partial charge in [0, 0.05) is 5.69 Å². The third kappa shape index (κ3) is 2.98. The van der Waals surface area contributed by atoms with Gasteiger partial charge in [0.25, 0.3) is 10.0 Å². The summed E-state index contributed by atoms with van der Waals surface area (Å²) in [5, 5.41) is 0.242. The van der Waals surface area contributed by atoms with Crippen molar-refractivity contribution in [2.24, 2.45) is 0 Å². The fourth-order valence-electron chi connectivity index (χ4n) is 1.37. The maximum absolute atomic E-state index is 12.1. The SMILES string of the molecule is Cc1cccc(NS(=O)(=O)c2cc(Cl)c(Cl)s2)c1. The van der Waals surface area contributed by atoms with E-state index in [0.29, 0.717) is 5.69 Å². The van der Waals surface area contributed by atoms with Crippen molar-refractivity contribution in [1.29, 1.82) is 0 Å². The van der Waals surface area contributed by atoms with Gasteiger partial charge < -0.3 is 0 Å². The van der Waals surface area contributed by atoms with Gasteiger partial charge >= 0.3 is 0 Å². The standard InChI is InChI=1S/C11H9Cl2NO2S2/c1-7-3-2-4-8(5-7)14-18(15,16)10-6-9(12)11(13)17-10/h2-6,14H,1H3. The molecule has 0 unspecified atom stereocenters. The number of hydrogen-bond donors (Lipinski definition) is 1. The van der Waals surface area contributed by atoms with Crippen LogP contribution in [0.5, 0.6) is 0 Å². The predicted molar refractivity (Wildman–Crippen MR) is 76.3 cm³/mol. The van der Waals surface area contributed by atoms with E-state index in [2.05, 4.69) is 4.72 Å². The predicted octanol–water partition coefficient (Wildman–Crippen LogP) is 4.16. The van der Waals surface area contributed by atoms with E-state index in [9.17, 15) is 8.42 Å². The van der Waals surface area contributed by atoms with Gasteiger partial charge in [-0.3, -0.25) is 4.72 Å². The van der Waals surface area contributed by atoms with Crippen molar-refractivity contribution in [3.05, 3.63) is 45.3 Å². The molecule has 2 aromatic rings. The van der Waals surface area contributed by atoms with Crippen molar-refractivity contribution < 1.29 is 8.42 Å². The Morgan fingerprint density at radius 2 is 1.94 bits per heavy atom. The molecular formula is C11H9Cl2NO2S2. The number of halogens is 2. The molecule has 18 heavy (non-hydrogen) atoms. The molecule has 0 spiro atoms. The molecule has 96 valence electrons. The molecule has 3 nitrogen and oxygen atoms in total. The lowest BCUT2D eigenvalue weighted by Crippen LogP contribution is -2.11. The fourth-order valence-corrected chi connectivity index (χ4v) is 4.30. The first-order valence-corrected chi connectivity index (χ1v) is 7.98. The van der Waals surface area contributed by atoms with Crippen LogP contribution in [-0.4, -0.2) is 8.42 Å². The molecule has 0 aliphatic carbocycles. The molecule has 0 bridgehead atoms. The lowest BCUT2D eigenvalue weighted by Gasteiger charge is -2.06. The molecule has 0 saturated heterocycles. The van der Waals surface area contributed by atoms with Gasteiger partial charge in [-0.15, -0.1) is 11.3 Å². The van der Waals surface area contributed by atoms with Gasteiger partial charge in [-0.25, -0.2) is 8.42 Å². The van der Waals surface area contributed by atoms with Crippen LogP contribution >= 0.6 is 34.5 Å². The van der Waals surface area contributed by atoms with Crippen molar-refractivity contribution in [3.63, 3.8) is 0 Å². The number of nitrogens with one attached hydrogen (secondary N) is 1. The summed E-state index contributed by atoms with van der Waals surface area (Å²) in [6.07, 6.45) is 0. The number of thiophene rings is 1. The number of anilines is 1. The molecule has 2 rings (SSSR count). The fraction of sp³-hybridized carbons (Fsp3) is 0.0909. The second-order valence-corrected chi connectivity index (χ2v) is 7.63. The Hall–Kier alpha value is -0.750. The Kier molecular flexibility index (Phi) is 3.87. The van der Waals surface area contributed by atoms with Crippen LogP contribution in [0, 0.1) is 6.92 Å². The number of hydrogen-bond acceptors (Lipinski definition) is 3. The monoisotopic (exact) mass is 321 g/mol. The van der Waals surface area contributed by atoms with Crippen LogP contribution in [0.3, 0.4) is 0 Å². The van der Waals surface area contributed by atoms with E-state index in [1.807, 2.05) is 13.0 Å². The highest BCUT2D eigenvalue weighted by Gasteiger charge is 2.19. The van der Waals surface area contributed by atoms with Crippen molar-refractivity contribution in [2.75, 3.05) is 4.72 Å². The average molecular weight is 322 g/mol. The molecule has 0 atom stereocenters. The Morgan fingerprint density at radius 1 is 1.22 bits per heavy atom. The van der Waals surface area contributed by atoms with Crippen LogP contribution in [0.4, 0.5) is 5.69 Å². The highest BCUT2D eigenvalue weighted by atomic mass is 35.5. The van der Waals surface area contributed by atoms with E-state index in [4.69, 9.17) is 23.2 Å². The Labute approximate surface area is 119 Å². The van der Waals surface area contributed by atoms with Crippen LogP contribution in [-0.2, 0) is 10.0 Å². The topological polar surface area (TPSA) is 46.2 Å². The van der Waals surface area contributed by atoms with E-state index in [1.54, 1.807) is 18.2 Å². The molecule has 1 aromatic carbocycles. The minimum absolute atomic E-state index is 0.0963. The molecule has 1 N–H and O–H groups in total. The van der Waals surface area contributed by atoms with Gasteiger partial charge in [0.15, 0.2) is 0 Å². The molecular weight excluding hydrogens is 313 g/mol. The quantitative estimate of drug-likeness (QED) is 0.922. The van der Waals surface area contributed by atoms with Crippen molar-refractivity contribution in [2.45, 2.75) is 11.1 Å². The lowest BCUT2D eigenvalue weighted by molar-refractivity contribution is 0.603. The number of sulfonamides is 1. The first-order valence-electron chi connectivity index (χ1n) is 4.93. The van der Waals surface area contributed by atoms with E-state index in [-0.39, 0.29) is 13.6 Å². The second kappa shape index (κ2) is 5.09. The summed E-state index contributed by atoms with van der Waals surface area (Å²) in [5.74, 6) is 0. The summed E-state index contributed by atoms with van der Waals surface area (Å²) >= 11 is 12.4. The number of aryl methyl sites for hydroxylation is 1. The van der Waals surface area contributed by atoms with Crippen LogP contribution < -0.4 is 4.72 Å².